The lowest BCUT2D eigenvalue weighted by atomic mass is 9.77. The van der Waals surface area contributed by atoms with E-state index in [0.717, 1.165) is 31.2 Å². The number of methoxy groups -OCH3 is 1. The lowest BCUT2D eigenvalue weighted by Gasteiger charge is -2.43. The topological polar surface area (TPSA) is 27.7 Å². The molecule has 1 aliphatic heterocycles. The quantitative estimate of drug-likeness (QED) is 0.823. The Morgan fingerprint density at radius 1 is 1.11 bits per heavy atom. The Hall–Kier alpha value is -0.970. The minimum Gasteiger partial charge on any atom is -0.374 e. The molecule has 1 aromatic carbocycles. The van der Waals surface area contributed by atoms with Gasteiger partial charge in [-0.3, -0.25) is 0 Å². The van der Waals surface area contributed by atoms with Crippen LogP contribution in [0.5, 0.6) is 0 Å². The SMILES string of the molecule is COC1(c2cccc(F)c2)CCC2(CC1)OCCO2. The van der Waals surface area contributed by atoms with E-state index in [1.165, 1.54) is 6.07 Å². The van der Waals surface area contributed by atoms with Crippen LogP contribution >= 0.6 is 0 Å². The minimum atomic E-state index is -0.421. The van der Waals surface area contributed by atoms with Gasteiger partial charge < -0.3 is 14.2 Å². The molecule has 3 nitrogen and oxygen atoms in total. The number of rotatable bonds is 2. The van der Waals surface area contributed by atoms with Gasteiger partial charge in [-0.25, -0.2) is 4.39 Å². The number of ether oxygens (including phenoxy) is 3. The summed E-state index contributed by atoms with van der Waals surface area (Å²) in [5.74, 6) is -0.641. The summed E-state index contributed by atoms with van der Waals surface area (Å²) in [5.41, 5.74) is 0.491. The van der Waals surface area contributed by atoms with Crippen LogP contribution < -0.4 is 0 Å². The van der Waals surface area contributed by atoms with E-state index in [-0.39, 0.29) is 5.82 Å². The number of hydrogen-bond acceptors (Lipinski definition) is 3. The summed E-state index contributed by atoms with van der Waals surface area (Å²) in [7, 11) is 1.69. The van der Waals surface area contributed by atoms with Gasteiger partial charge in [0.25, 0.3) is 0 Å². The molecule has 2 aliphatic rings. The zero-order chi connectivity index (χ0) is 13.3. The molecule has 0 radical (unpaired) electrons. The van der Waals surface area contributed by atoms with Crippen LogP contribution in [0.25, 0.3) is 0 Å². The van der Waals surface area contributed by atoms with Crippen molar-refractivity contribution >= 4 is 0 Å². The number of benzene rings is 1. The van der Waals surface area contributed by atoms with Gasteiger partial charge in [0.2, 0.25) is 0 Å². The van der Waals surface area contributed by atoms with Crippen LogP contribution in [0.1, 0.15) is 31.2 Å². The minimum absolute atomic E-state index is 0.220. The fraction of sp³-hybridized carbons (Fsp3) is 0.600. The summed E-state index contributed by atoms with van der Waals surface area (Å²) >= 11 is 0. The van der Waals surface area contributed by atoms with Gasteiger partial charge in [0.1, 0.15) is 5.82 Å². The first kappa shape index (κ1) is 13.0. The van der Waals surface area contributed by atoms with Crippen molar-refractivity contribution in [3.05, 3.63) is 35.6 Å². The molecule has 1 aromatic rings. The molecule has 0 unspecified atom stereocenters. The van der Waals surface area contributed by atoms with Crippen molar-refractivity contribution in [1.82, 2.24) is 0 Å². The highest BCUT2D eigenvalue weighted by Crippen LogP contribution is 2.46. The molecule has 0 atom stereocenters. The molecule has 1 spiro atoms. The van der Waals surface area contributed by atoms with Crippen molar-refractivity contribution in [2.45, 2.75) is 37.1 Å². The Labute approximate surface area is 112 Å². The predicted molar refractivity (Wildman–Crippen MR) is 68.2 cm³/mol. The van der Waals surface area contributed by atoms with Crippen molar-refractivity contribution in [2.24, 2.45) is 0 Å². The van der Waals surface area contributed by atoms with Crippen LogP contribution in [-0.2, 0) is 19.8 Å². The molecular formula is C15H19FO3. The number of halogens is 1. The molecule has 2 fully saturated rings. The fourth-order valence-electron chi connectivity index (χ4n) is 3.20. The van der Waals surface area contributed by atoms with E-state index >= 15 is 0 Å². The van der Waals surface area contributed by atoms with Gasteiger partial charge >= 0.3 is 0 Å². The average Bonchev–Trinajstić information content (AvgIpc) is 2.89. The molecular weight excluding hydrogens is 247 g/mol. The Bertz CT molecular complexity index is 444. The van der Waals surface area contributed by atoms with E-state index in [0.29, 0.717) is 13.2 Å². The molecule has 0 N–H and O–H groups in total. The van der Waals surface area contributed by atoms with E-state index in [4.69, 9.17) is 14.2 Å². The summed E-state index contributed by atoms with van der Waals surface area (Å²) in [5, 5.41) is 0. The van der Waals surface area contributed by atoms with E-state index < -0.39 is 11.4 Å². The van der Waals surface area contributed by atoms with Crippen LogP contribution in [0.15, 0.2) is 24.3 Å². The van der Waals surface area contributed by atoms with Crippen LogP contribution in [0.3, 0.4) is 0 Å². The normalized spacial score (nSPS) is 24.7. The first-order valence-corrected chi connectivity index (χ1v) is 6.77. The first-order chi connectivity index (χ1) is 9.18. The van der Waals surface area contributed by atoms with Gasteiger partial charge in [-0.2, -0.15) is 0 Å². The second kappa shape index (κ2) is 4.85. The summed E-state index contributed by atoms with van der Waals surface area (Å²) in [4.78, 5) is 0. The van der Waals surface area contributed by atoms with E-state index in [1.54, 1.807) is 19.2 Å². The third kappa shape index (κ3) is 2.29. The van der Waals surface area contributed by atoms with Crippen LogP contribution in [0.2, 0.25) is 0 Å². The molecule has 0 aromatic heterocycles. The van der Waals surface area contributed by atoms with Crippen LogP contribution in [0, 0.1) is 5.82 Å². The molecule has 4 heteroatoms. The largest absolute Gasteiger partial charge is 0.374 e. The predicted octanol–water partition coefficient (Wildman–Crippen LogP) is 2.98. The Balaban J connectivity index is 1.82. The Kier molecular flexibility index (Phi) is 3.33. The standard InChI is InChI=1S/C15H19FO3/c1-17-14(12-3-2-4-13(16)11-12)5-7-15(8-6-14)18-9-10-19-15/h2-4,11H,5-10H2,1H3. The van der Waals surface area contributed by atoms with Crippen molar-refractivity contribution in [3.8, 4) is 0 Å². The summed E-state index contributed by atoms with van der Waals surface area (Å²) in [6.45, 7) is 1.33. The lowest BCUT2D eigenvalue weighted by molar-refractivity contribution is -0.208. The third-order valence-electron chi connectivity index (χ3n) is 4.37. The van der Waals surface area contributed by atoms with Gasteiger partial charge in [-0.1, -0.05) is 12.1 Å². The zero-order valence-electron chi connectivity index (χ0n) is 11.2. The Morgan fingerprint density at radius 3 is 2.37 bits per heavy atom. The van der Waals surface area contributed by atoms with E-state index in [2.05, 4.69) is 0 Å². The average molecular weight is 266 g/mol. The third-order valence-corrected chi connectivity index (χ3v) is 4.37. The Morgan fingerprint density at radius 2 is 1.79 bits per heavy atom. The smallest absolute Gasteiger partial charge is 0.168 e. The van der Waals surface area contributed by atoms with E-state index in [1.807, 2.05) is 6.07 Å². The second-order valence-electron chi connectivity index (χ2n) is 5.32. The molecule has 1 saturated heterocycles. The van der Waals surface area contributed by atoms with Gasteiger partial charge in [-0.05, 0) is 30.5 Å². The molecule has 19 heavy (non-hydrogen) atoms. The van der Waals surface area contributed by atoms with Crippen molar-refractivity contribution in [2.75, 3.05) is 20.3 Å². The summed E-state index contributed by atoms with van der Waals surface area (Å²) < 4.78 is 30.6. The molecule has 104 valence electrons. The van der Waals surface area contributed by atoms with Crippen LogP contribution in [-0.4, -0.2) is 26.1 Å². The molecule has 1 aliphatic carbocycles. The second-order valence-corrected chi connectivity index (χ2v) is 5.32. The van der Waals surface area contributed by atoms with Crippen LogP contribution in [0.4, 0.5) is 4.39 Å². The highest BCUT2D eigenvalue weighted by atomic mass is 19.1. The molecule has 1 saturated carbocycles. The highest BCUT2D eigenvalue weighted by molar-refractivity contribution is 5.24. The molecule has 0 bridgehead atoms. The molecule has 1 heterocycles. The molecule has 0 amide bonds. The maximum atomic E-state index is 13.4. The lowest BCUT2D eigenvalue weighted by Crippen LogP contribution is -2.43. The maximum absolute atomic E-state index is 13.4. The highest BCUT2D eigenvalue weighted by Gasteiger charge is 2.47. The molecule has 3 rings (SSSR count). The maximum Gasteiger partial charge on any atom is 0.168 e. The van der Waals surface area contributed by atoms with Gasteiger partial charge in [-0.15, -0.1) is 0 Å². The monoisotopic (exact) mass is 266 g/mol. The van der Waals surface area contributed by atoms with Crippen molar-refractivity contribution in [1.29, 1.82) is 0 Å². The first-order valence-electron chi connectivity index (χ1n) is 6.77. The van der Waals surface area contributed by atoms with E-state index in [9.17, 15) is 4.39 Å². The van der Waals surface area contributed by atoms with Gasteiger partial charge in [0.05, 0.1) is 18.8 Å². The van der Waals surface area contributed by atoms with Crippen molar-refractivity contribution < 1.29 is 18.6 Å². The van der Waals surface area contributed by atoms with Crippen molar-refractivity contribution in [3.63, 3.8) is 0 Å². The summed E-state index contributed by atoms with van der Waals surface area (Å²) in [6, 6.07) is 6.69. The number of hydrogen-bond donors (Lipinski definition) is 0. The fourth-order valence-corrected chi connectivity index (χ4v) is 3.20. The van der Waals surface area contributed by atoms with Gasteiger partial charge in [0.15, 0.2) is 5.79 Å². The van der Waals surface area contributed by atoms with Gasteiger partial charge in [0, 0.05) is 20.0 Å². The summed E-state index contributed by atoms with van der Waals surface area (Å²) in [6.07, 6.45) is 3.15. The zero-order valence-corrected chi connectivity index (χ0v) is 11.2.